The van der Waals surface area contributed by atoms with Gasteiger partial charge in [0.05, 0.1) is 13.2 Å². The molecule has 2 fully saturated rings. The van der Waals surface area contributed by atoms with Crippen molar-refractivity contribution in [3.05, 3.63) is 0 Å². The van der Waals surface area contributed by atoms with Crippen LogP contribution in [0.3, 0.4) is 0 Å². The van der Waals surface area contributed by atoms with Gasteiger partial charge in [-0.1, -0.05) is 13.3 Å². The number of hydrogen-bond donors (Lipinski definition) is 2. The van der Waals surface area contributed by atoms with Gasteiger partial charge in [0.1, 0.15) is 0 Å². The molecule has 1 aliphatic carbocycles. The van der Waals surface area contributed by atoms with Crippen molar-refractivity contribution in [3.8, 4) is 0 Å². The van der Waals surface area contributed by atoms with E-state index in [1.54, 1.807) is 0 Å². The van der Waals surface area contributed by atoms with E-state index in [2.05, 4.69) is 17.1 Å². The van der Waals surface area contributed by atoms with Crippen molar-refractivity contribution in [3.63, 3.8) is 0 Å². The molecule has 0 radical (unpaired) electrons. The topological polar surface area (TPSA) is 44.7 Å². The van der Waals surface area contributed by atoms with Crippen molar-refractivity contribution < 1.29 is 9.84 Å². The average molecular weight is 270 g/mol. The highest BCUT2D eigenvalue weighted by Crippen LogP contribution is 2.33. The van der Waals surface area contributed by atoms with E-state index in [0.29, 0.717) is 6.04 Å². The lowest BCUT2D eigenvalue weighted by Gasteiger charge is -2.42. The molecule has 0 aromatic carbocycles. The maximum Gasteiger partial charge on any atom is 0.0558 e. The Balaban J connectivity index is 1.89. The van der Waals surface area contributed by atoms with Crippen LogP contribution in [0.15, 0.2) is 0 Å². The molecule has 1 unspecified atom stereocenters. The van der Waals surface area contributed by atoms with Gasteiger partial charge < -0.3 is 15.2 Å². The van der Waals surface area contributed by atoms with Crippen LogP contribution in [0.25, 0.3) is 0 Å². The van der Waals surface area contributed by atoms with Gasteiger partial charge in [0.15, 0.2) is 0 Å². The molecular weight excluding hydrogens is 240 g/mol. The summed E-state index contributed by atoms with van der Waals surface area (Å²) >= 11 is 0. The smallest absolute Gasteiger partial charge is 0.0558 e. The van der Waals surface area contributed by atoms with Crippen molar-refractivity contribution in [2.24, 2.45) is 5.41 Å². The number of rotatable bonds is 9. The van der Waals surface area contributed by atoms with E-state index in [1.807, 2.05) is 0 Å². The van der Waals surface area contributed by atoms with Crippen molar-refractivity contribution in [2.45, 2.75) is 45.1 Å². The second-order valence-electron chi connectivity index (χ2n) is 6.26. The van der Waals surface area contributed by atoms with E-state index < -0.39 is 0 Å². The van der Waals surface area contributed by atoms with Crippen LogP contribution in [0.5, 0.6) is 0 Å². The van der Waals surface area contributed by atoms with Gasteiger partial charge in [-0.2, -0.15) is 0 Å². The molecule has 0 spiro atoms. The second-order valence-corrected chi connectivity index (χ2v) is 6.26. The van der Waals surface area contributed by atoms with E-state index >= 15 is 0 Å². The first-order valence-electron chi connectivity index (χ1n) is 7.93. The van der Waals surface area contributed by atoms with Crippen molar-refractivity contribution in [1.29, 1.82) is 0 Å². The van der Waals surface area contributed by atoms with Crippen LogP contribution in [0.1, 0.15) is 39.0 Å². The standard InChI is InChI=1S/C15H30N2O2/c1-2-7-16-11-15(6-10-19-13-15)12-17(8-9-18)14-4-3-5-14/h14,16,18H,2-13H2,1H3. The summed E-state index contributed by atoms with van der Waals surface area (Å²) in [6.07, 6.45) is 6.29. The van der Waals surface area contributed by atoms with Crippen LogP contribution in [0.2, 0.25) is 0 Å². The zero-order valence-electron chi connectivity index (χ0n) is 12.4. The fraction of sp³-hybridized carbons (Fsp3) is 1.00. The van der Waals surface area contributed by atoms with E-state index in [4.69, 9.17) is 4.74 Å². The third-order valence-corrected chi connectivity index (χ3v) is 4.63. The third-order valence-electron chi connectivity index (χ3n) is 4.63. The summed E-state index contributed by atoms with van der Waals surface area (Å²) < 4.78 is 5.67. The number of aliphatic hydroxyl groups is 1. The molecule has 2 rings (SSSR count). The van der Waals surface area contributed by atoms with Crippen LogP contribution < -0.4 is 5.32 Å². The van der Waals surface area contributed by atoms with Crippen LogP contribution in [0, 0.1) is 5.41 Å². The summed E-state index contributed by atoms with van der Waals surface area (Å²) in [4.78, 5) is 2.51. The second kappa shape index (κ2) is 7.58. The molecule has 112 valence electrons. The molecule has 1 saturated carbocycles. The Kier molecular flexibility index (Phi) is 6.07. The Labute approximate surface area is 117 Å². The molecule has 4 nitrogen and oxygen atoms in total. The molecule has 0 aromatic heterocycles. The van der Waals surface area contributed by atoms with Crippen molar-refractivity contribution in [1.82, 2.24) is 10.2 Å². The number of hydrogen-bond acceptors (Lipinski definition) is 4. The Morgan fingerprint density at radius 2 is 2.26 bits per heavy atom. The molecule has 2 N–H and O–H groups in total. The largest absolute Gasteiger partial charge is 0.395 e. The van der Waals surface area contributed by atoms with Crippen LogP contribution in [-0.2, 0) is 4.74 Å². The van der Waals surface area contributed by atoms with Crippen molar-refractivity contribution in [2.75, 3.05) is 46.0 Å². The fourth-order valence-electron chi connectivity index (χ4n) is 3.20. The number of nitrogens with one attached hydrogen (secondary N) is 1. The highest BCUT2D eigenvalue weighted by molar-refractivity contribution is 4.91. The summed E-state index contributed by atoms with van der Waals surface area (Å²) in [6, 6.07) is 0.704. The lowest BCUT2D eigenvalue weighted by atomic mass is 9.83. The minimum atomic E-state index is 0.264. The van der Waals surface area contributed by atoms with E-state index in [1.165, 1.54) is 25.7 Å². The first-order chi connectivity index (χ1) is 9.29. The Bertz CT molecular complexity index is 251. The highest BCUT2D eigenvalue weighted by atomic mass is 16.5. The van der Waals surface area contributed by atoms with Gasteiger partial charge in [-0.3, -0.25) is 4.90 Å². The number of aliphatic hydroxyl groups excluding tert-OH is 1. The summed E-state index contributed by atoms with van der Waals surface area (Å²) in [6.45, 7) is 8.28. The average Bonchev–Trinajstić information content (AvgIpc) is 2.76. The lowest BCUT2D eigenvalue weighted by molar-refractivity contribution is 0.0446. The zero-order chi connectivity index (χ0) is 13.6. The molecule has 1 aliphatic heterocycles. The molecular formula is C15H30N2O2. The summed E-state index contributed by atoms with van der Waals surface area (Å²) in [7, 11) is 0. The lowest BCUT2D eigenvalue weighted by Crippen LogP contribution is -2.51. The molecule has 1 atom stereocenters. The van der Waals surface area contributed by atoms with E-state index in [0.717, 1.165) is 45.8 Å². The van der Waals surface area contributed by atoms with Gasteiger partial charge >= 0.3 is 0 Å². The molecule has 1 saturated heterocycles. The number of ether oxygens (including phenoxy) is 1. The first kappa shape index (κ1) is 15.2. The van der Waals surface area contributed by atoms with Crippen LogP contribution in [0.4, 0.5) is 0 Å². The number of nitrogens with zero attached hydrogens (tertiary/aromatic N) is 1. The summed E-state index contributed by atoms with van der Waals surface area (Å²) in [5.41, 5.74) is 0.264. The van der Waals surface area contributed by atoms with Gasteiger partial charge in [-0.25, -0.2) is 0 Å². The SMILES string of the molecule is CCCNCC1(CN(CCO)C2CCC2)CCOC1. The Hall–Kier alpha value is -0.160. The maximum atomic E-state index is 9.29. The minimum absolute atomic E-state index is 0.264. The van der Waals surface area contributed by atoms with Crippen molar-refractivity contribution >= 4 is 0 Å². The quantitative estimate of drug-likeness (QED) is 0.619. The maximum absolute atomic E-state index is 9.29. The fourth-order valence-corrected chi connectivity index (χ4v) is 3.20. The monoisotopic (exact) mass is 270 g/mol. The normalized spacial score (nSPS) is 27.9. The van der Waals surface area contributed by atoms with Gasteiger partial charge in [-0.05, 0) is 32.2 Å². The minimum Gasteiger partial charge on any atom is -0.395 e. The van der Waals surface area contributed by atoms with Gasteiger partial charge in [0.2, 0.25) is 0 Å². The molecule has 1 heterocycles. The van der Waals surface area contributed by atoms with Gasteiger partial charge in [0, 0.05) is 37.7 Å². The molecule has 0 aromatic rings. The molecule has 19 heavy (non-hydrogen) atoms. The predicted molar refractivity (Wildman–Crippen MR) is 77.3 cm³/mol. The third kappa shape index (κ3) is 4.15. The summed E-state index contributed by atoms with van der Waals surface area (Å²) in [5, 5.41) is 12.9. The molecule has 0 amide bonds. The summed E-state index contributed by atoms with van der Waals surface area (Å²) in [5.74, 6) is 0. The van der Waals surface area contributed by atoms with E-state index in [9.17, 15) is 5.11 Å². The van der Waals surface area contributed by atoms with Gasteiger partial charge in [-0.15, -0.1) is 0 Å². The van der Waals surface area contributed by atoms with Crippen LogP contribution >= 0.6 is 0 Å². The zero-order valence-corrected chi connectivity index (χ0v) is 12.4. The highest BCUT2D eigenvalue weighted by Gasteiger charge is 2.38. The molecule has 4 heteroatoms. The molecule has 2 aliphatic rings. The molecule has 0 bridgehead atoms. The Morgan fingerprint density at radius 1 is 1.42 bits per heavy atom. The van der Waals surface area contributed by atoms with Gasteiger partial charge in [0.25, 0.3) is 0 Å². The van der Waals surface area contributed by atoms with Crippen LogP contribution in [-0.4, -0.2) is 62.0 Å². The predicted octanol–water partition coefficient (Wildman–Crippen LogP) is 1.24. The van der Waals surface area contributed by atoms with E-state index in [-0.39, 0.29) is 12.0 Å². The Morgan fingerprint density at radius 3 is 2.79 bits per heavy atom. The first-order valence-corrected chi connectivity index (χ1v) is 7.93.